The normalized spacial score (nSPS) is 19.5. The van der Waals surface area contributed by atoms with Crippen LogP contribution in [0.25, 0.3) is 0 Å². The molecule has 1 atom stereocenters. The highest BCUT2D eigenvalue weighted by molar-refractivity contribution is 5.93. The Morgan fingerprint density at radius 3 is 2.77 bits per heavy atom. The zero-order valence-corrected chi connectivity index (χ0v) is 14.5. The summed E-state index contributed by atoms with van der Waals surface area (Å²) in [6.45, 7) is 1.20. The van der Waals surface area contributed by atoms with Gasteiger partial charge in [-0.25, -0.2) is 0 Å². The van der Waals surface area contributed by atoms with Crippen molar-refractivity contribution in [3.8, 4) is 0 Å². The Hall–Kier alpha value is -2.89. The molecular weight excluding hydrogens is 328 g/mol. The largest absolute Gasteiger partial charge is 0.380 e. The van der Waals surface area contributed by atoms with E-state index in [0.29, 0.717) is 24.7 Å². The summed E-state index contributed by atoms with van der Waals surface area (Å²) in [6, 6.07) is 13.9. The number of nitrogens with one attached hydrogen (secondary N) is 2. The van der Waals surface area contributed by atoms with Crippen LogP contribution in [0.3, 0.4) is 0 Å². The van der Waals surface area contributed by atoms with Gasteiger partial charge in [0.05, 0.1) is 6.04 Å². The topological polar surface area (TPSA) is 74.3 Å². The van der Waals surface area contributed by atoms with Crippen LogP contribution < -0.4 is 10.6 Å². The molecule has 4 rings (SSSR count). The summed E-state index contributed by atoms with van der Waals surface area (Å²) in [6.07, 6.45) is 4.38. The van der Waals surface area contributed by atoms with Crippen molar-refractivity contribution in [2.45, 2.75) is 37.9 Å². The van der Waals surface area contributed by atoms with Gasteiger partial charge in [-0.3, -0.25) is 14.6 Å². The molecule has 1 saturated heterocycles. The quantitative estimate of drug-likeness (QED) is 0.837. The predicted octanol–water partition coefficient (Wildman–Crippen LogP) is 2.19. The Morgan fingerprint density at radius 2 is 2.00 bits per heavy atom. The molecule has 1 aliphatic heterocycles. The van der Waals surface area contributed by atoms with E-state index in [9.17, 15) is 9.59 Å². The zero-order chi connectivity index (χ0) is 17.9. The van der Waals surface area contributed by atoms with Crippen molar-refractivity contribution in [1.29, 1.82) is 0 Å². The number of carbonyl (C=O) groups excluding carboxylic acids is 2. The molecule has 2 aliphatic rings. The molecule has 1 unspecified atom stereocenters. The van der Waals surface area contributed by atoms with Gasteiger partial charge >= 0.3 is 0 Å². The van der Waals surface area contributed by atoms with Gasteiger partial charge in [-0.2, -0.15) is 0 Å². The van der Waals surface area contributed by atoms with E-state index in [1.54, 1.807) is 12.3 Å². The fourth-order valence-electron chi connectivity index (χ4n) is 3.32. The number of benzene rings is 1. The third-order valence-corrected chi connectivity index (χ3v) is 4.81. The van der Waals surface area contributed by atoms with Crippen LogP contribution in [0.4, 0.5) is 5.69 Å². The van der Waals surface area contributed by atoms with Crippen LogP contribution in [0, 0.1) is 0 Å². The van der Waals surface area contributed by atoms with Gasteiger partial charge in [0, 0.05) is 37.4 Å². The van der Waals surface area contributed by atoms with E-state index < -0.39 is 0 Å². The highest BCUT2D eigenvalue weighted by Gasteiger charge is 2.39. The van der Waals surface area contributed by atoms with Crippen molar-refractivity contribution in [2.24, 2.45) is 0 Å². The number of hydrogen-bond acceptors (Lipinski definition) is 4. The lowest BCUT2D eigenvalue weighted by molar-refractivity contribution is -0.128. The molecule has 2 aromatic rings. The van der Waals surface area contributed by atoms with Crippen molar-refractivity contribution in [3.63, 3.8) is 0 Å². The monoisotopic (exact) mass is 350 g/mol. The first-order chi connectivity index (χ1) is 12.7. The maximum absolute atomic E-state index is 12.3. The number of nitrogens with zero attached hydrogens (tertiary/aromatic N) is 2. The lowest BCUT2D eigenvalue weighted by Gasteiger charge is -2.17. The molecule has 0 bridgehead atoms. The average Bonchev–Trinajstić information content (AvgIpc) is 3.44. The Kier molecular flexibility index (Phi) is 4.56. The van der Waals surface area contributed by atoms with Gasteiger partial charge in [0.1, 0.15) is 5.69 Å². The van der Waals surface area contributed by atoms with Crippen LogP contribution in [-0.4, -0.2) is 40.3 Å². The van der Waals surface area contributed by atoms with Crippen LogP contribution in [0.15, 0.2) is 48.7 Å². The van der Waals surface area contributed by atoms with Crippen LogP contribution in [0.1, 0.15) is 35.3 Å². The Labute approximate surface area is 152 Å². The Bertz CT molecular complexity index is 804. The van der Waals surface area contributed by atoms with E-state index >= 15 is 0 Å². The maximum Gasteiger partial charge on any atom is 0.270 e. The highest BCUT2D eigenvalue weighted by Crippen LogP contribution is 2.31. The zero-order valence-electron chi connectivity index (χ0n) is 14.5. The van der Waals surface area contributed by atoms with E-state index in [1.165, 1.54) is 0 Å². The standard InChI is InChI=1S/C20H22N4O2/c25-19-11-16(13-24(19)17-6-7-17)23-15-8-9-21-18(10-15)20(26)22-12-14-4-2-1-3-5-14/h1-5,8-10,16-17H,6-7,11-13H2,(H,21,23)(H,22,26). The minimum atomic E-state index is -0.209. The molecule has 6 heteroatoms. The van der Waals surface area contributed by atoms with Gasteiger partial charge in [0.25, 0.3) is 5.91 Å². The number of anilines is 1. The fourth-order valence-corrected chi connectivity index (χ4v) is 3.32. The first-order valence-corrected chi connectivity index (χ1v) is 9.03. The van der Waals surface area contributed by atoms with Crippen molar-refractivity contribution in [2.75, 3.05) is 11.9 Å². The number of amides is 2. The molecule has 1 aromatic heterocycles. The van der Waals surface area contributed by atoms with Crippen molar-refractivity contribution >= 4 is 17.5 Å². The second-order valence-electron chi connectivity index (χ2n) is 6.92. The maximum atomic E-state index is 12.3. The first-order valence-electron chi connectivity index (χ1n) is 9.03. The van der Waals surface area contributed by atoms with Gasteiger partial charge in [-0.1, -0.05) is 30.3 Å². The summed E-state index contributed by atoms with van der Waals surface area (Å²) in [5.74, 6) is 0.0134. The number of aromatic nitrogens is 1. The van der Waals surface area contributed by atoms with Gasteiger partial charge < -0.3 is 15.5 Å². The van der Waals surface area contributed by atoms with Crippen molar-refractivity contribution < 1.29 is 9.59 Å². The molecule has 2 heterocycles. The summed E-state index contributed by atoms with van der Waals surface area (Å²) in [4.78, 5) is 30.5. The molecule has 0 radical (unpaired) electrons. The fraction of sp³-hybridized carbons (Fsp3) is 0.350. The number of pyridine rings is 1. The SMILES string of the molecule is O=C(NCc1ccccc1)c1cc(NC2CC(=O)N(C3CC3)C2)ccn1. The molecule has 2 fully saturated rings. The van der Waals surface area contributed by atoms with E-state index in [4.69, 9.17) is 0 Å². The lowest BCUT2D eigenvalue weighted by atomic mass is 10.2. The molecule has 134 valence electrons. The van der Waals surface area contributed by atoms with Crippen molar-refractivity contribution in [3.05, 3.63) is 59.9 Å². The van der Waals surface area contributed by atoms with E-state index in [1.807, 2.05) is 41.3 Å². The van der Waals surface area contributed by atoms with E-state index in [0.717, 1.165) is 30.6 Å². The number of likely N-dealkylation sites (tertiary alicyclic amines) is 1. The van der Waals surface area contributed by atoms with Crippen LogP contribution in [-0.2, 0) is 11.3 Å². The second kappa shape index (κ2) is 7.15. The highest BCUT2D eigenvalue weighted by atomic mass is 16.2. The summed E-state index contributed by atoms with van der Waals surface area (Å²) >= 11 is 0. The molecule has 26 heavy (non-hydrogen) atoms. The van der Waals surface area contributed by atoms with Gasteiger partial charge in [0.2, 0.25) is 5.91 Å². The van der Waals surface area contributed by atoms with E-state index in [2.05, 4.69) is 15.6 Å². The minimum absolute atomic E-state index is 0.0886. The molecule has 1 aliphatic carbocycles. The molecule has 1 saturated carbocycles. The molecular formula is C20H22N4O2. The molecule has 2 N–H and O–H groups in total. The van der Waals surface area contributed by atoms with Gasteiger partial charge in [-0.05, 0) is 30.5 Å². The third kappa shape index (κ3) is 3.85. The third-order valence-electron chi connectivity index (χ3n) is 4.81. The molecule has 6 nitrogen and oxygen atoms in total. The van der Waals surface area contributed by atoms with Gasteiger partial charge in [-0.15, -0.1) is 0 Å². The van der Waals surface area contributed by atoms with Crippen LogP contribution in [0.5, 0.6) is 0 Å². The number of hydrogen-bond donors (Lipinski definition) is 2. The number of rotatable bonds is 6. The summed E-state index contributed by atoms with van der Waals surface area (Å²) in [5.41, 5.74) is 2.23. The summed E-state index contributed by atoms with van der Waals surface area (Å²) in [5, 5.41) is 6.25. The van der Waals surface area contributed by atoms with Crippen molar-refractivity contribution in [1.82, 2.24) is 15.2 Å². The smallest absolute Gasteiger partial charge is 0.270 e. The molecule has 1 aromatic carbocycles. The second-order valence-corrected chi connectivity index (χ2v) is 6.92. The average molecular weight is 350 g/mol. The minimum Gasteiger partial charge on any atom is -0.380 e. The predicted molar refractivity (Wildman–Crippen MR) is 98.6 cm³/mol. The summed E-state index contributed by atoms with van der Waals surface area (Å²) in [7, 11) is 0. The molecule has 0 spiro atoms. The van der Waals surface area contributed by atoms with Gasteiger partial charge in [0.15, 0.2) is 0 Å². The van der Waals surface area contributed by atoms with Crippen LogP contribution in [0.2, 0.25) is 0 Å². The first kappa shape index (κ1) is 16.6. The Morgan fingerprint density at radius 1 is 1.19 bits per heavy atom. The Balaban J connectivity index is 1.35. The van der Waals surface area contributed by atoms with Crippen LogP contribution >= 0.6 is 0 Å². The summed E-state index contributed by atoms with van der Waals surface area (Å²) < 4.78 is 0. The number of carbonyl (C=O) groups is 2. The van der Waals surface area contributed by atoms with E-state index in [-0.39, 0.29) is 17.9 Å². The lowest BCUT2D eigenvalue weighted by Crippen LogP contribution is -2.30. The molecule has 2 amide bonds.